The van der Waals surface area contributed by atoms with Crippen molar-refractivity contribution >= 4 is 56.4 Å². The van der Waals surface area contributed by atoms with Crippen LogP contribution in [0.2, 0.25) is 15.1 Å². The molecule has 3 aromatic rings. The summed E-state index contributed by atoms with van der Waals surface area (Å²) in [6.45, 7) is -0.420. The Hall–Kier alpha value is -2.09. The van der Waals surface area contributed by atoms with Crippen LogP contribution >= 0.6 is 34.8 Å². The number of rotatable bonds is 7. The number of carbonyl (C=O) groups is 1. The van der Waals surface area contributed by atoms with Crippen molar-refractivity contribution in [3.8, 4) is 0 Å². The highest BCUT2D eigenvalue weighted by Gasteiger charge is 2.27. The first-order valence-corrected chi connectivity index (χ1v) is 11.4. The van der Waals surface area contributed by atoms with Crippen molar-refractivity contribution in [3.63, 3.8) is 0 Å². The van der Waals surface area contributed by atoms with Gasteiger partial charge in [0.2, 0.25) is 15.9 Å². The molecule has 0 atom stereocenters. The van der Waals surface area contributed by atoms with Crippen LogP contribution in [-0.4, -0.2) is 25.2 Å². The van der Waals surface area contributed by atoms with Crippen LogP contribution in [0.1, 0.15) is 5.56 Å². The van der Waals surface area contributed by atoms with Crippen molar-refractivity contribution in [2.75, 3.05) is 11.9 Å². The molecule has 156 valence electrons. The van der Waals surface area contributed by atoms with E-state index in [1.54, 1.807) is 48.5 Å². The first-order chi connectivity index (χ1) is 14.3. The Labute approximate surface area is 190 Å². The summed E-state index contributed by atoms with van der Waals surface area (Å²) in [5.41, 5.74) is 1.09. The fraction of sp³-hybridized carbons (Fsp3) is 0.0952. The lowest BCUT2D eigenvalue weighted by Crippen LogP contribution is -2.37. The molecule has 0 saturated carbocycles. The first-order valence-electron chi connectivity index (χ1n) is 8.80. The lowest BCUT2D eigenvalue weighted by molar-refractivity contribution is -0.116. The molecule has 0 saturated heterocycles. The molecular formula is C21H17Cl3N2O3S. The highest BCUT2D eigenvalue weighted by atomic mass is 35.5. The van der Waals surface area contributed by atoms with Crippen molar-refractivity contribution in [1.82, 2.24) is 4.31 Å². The average molecular weight is 484 g/mol. The predicted molar refractivity (Wildman–Crippen MR) is 121 cm³/mol. The van der Waals surface area contributed by atoms with Gasteiger partial charge < -0.3 is 5.32 Å². The van der Waals surface area contributed by atoms with E-state index < -0.39 is 22.5 Å². The Kier molecular flexibility index (Phi) is 7.39. The quantitative estimate of drug-likeness (QED) is 0.484. The Bertz CT molecular complexity index is 1130. The van der Waals surface area contributed by atoms with Crippen molar-refractivity contribution in [3.05, 3.63) is 93.4 Å². The minimum Gasteiger partial charge on any atom is -0.324 e. The van der Waals surface area contributed by atoms with Gasteiger partial charge in [-0.1, -0.05) is 59.1 Å². The summed E-state index contributed by atoms with van der Waals surface area (Å²) in [5, 5.41) is 3.95. The topological polar surface area (TPSA) is 66.5 Å². The van der Waals surface area contributed by atoms with E-state index in [4.69, 9.17) is 34.8 Å². The number of carbonyl (C=O) groups excluding carboxylic acids is 1. The molecule has 1 amide bonds. The molecule has 0 aliphatic carbocycles. The highest BCUT2D eigenvalue weighted by molar-refractivity contribution is 7.89. The maximum absolute atomic E-state index is 13.2. The molecule has 0 aliphatic rings. The number of benzene rings is 3. The van der Waals surface area contributed by atoms with Crippen LogP contribution in [0, 0.1) is 0 Å². The van der Waals surface area contributed by atoms with Gasteiger partial charge in [-0.25, -0.2) is 8.42 Å². The molecule has 0 aromatic heterocycles. The number of nitrogens with one attached hydrogen (secondary N) is 1. The van der Waals surface area contributed by atoms with Crippen molar-refractivity contribution in [2.45, 2.75) is 11.4 Å². The summed E-state index contributed by atoms with van der Waals surface area (Å²) >= 11 is 17.9. The third-order valence-electron chi connectivity index (χ3n) is 4.19. The smallest absolute Gasteiger partial charge is 0.243 e. The fourth-order valence-corrected chi connectivity index (χ4v) is 4.51. The van der Waals surface area contributed by atoms with E-state index in [0.29, 0.717) is 26.3 Å². The molecule has 3 rings (SSSR count). The van der Waals surface area contributed by atoms with E-state index in [-0.39, 0.29) is 11.4 Å². The summed E-state index contributed by atoms with van der Waals surface area (Å²) in [6, 6.07) is 19.2. The van der Waals surface area contributed by atoms with Crippen LogP contribution in [0.3, 0.4) is 0 Å². The normalized spacial score (nSPS) is 11.5. The summed E-state index contributed by atoms with van der Waals surface area (Å²) in [4.78, 5) is 12.7. The van der Waals surface area contributed by atoms with Gasteiger partial charge in [-0.05, 0) is 54.1 Å². The third kappa shape index (κ3) is 5.74. The van der Waals surface area contributed by atoms with Gasteiger partial charge >= 0.3 is 0 Å². The number of para-hydroxylation sites is 1. The maximum Gasteiger partial charge on any atom is 0.243 e. The lowest BCUT2D eigenvalue weighted by Gasteiger charge is -2.22. The number of halogens is 3. The van der Waals surface area contributed by atoms with E-state index in [2.05, 4.69) is 5.32 Å². The number of sulfonamides is 1. The van der Waals surface area contributed by atoms with Crippen molar-refractivity contribution < 1.29 is 13.2 Å². The lowest BCUT2D eigenvalue weighted by atomic mass is 10.2. The van der Waals surface area contributed by atoms with Gasteiger partial charge in [0, 0.05) is 16.6 Å². The van der Waals surface area contributed by atoms with E-state index in [1.165, 1.54) is 24.3 Å². The molecule has 0 fully saturated rings. The van der Waals surface area contributed by atoms with Crippen LogP contribution in [-0.2, 0) is 21.4 Å². The van der Waals surface area contributed by atoms with Crippen LogP contribution in [0.15, 0.2) is 77.7 Å². The fourth-order valence-electron chi connectivity index (χ4n) is 2.69. The Morgan fingerprint density at radius 2 is 1.40 bits per heavy atom. The molecular weight excluding hydrogens is 467 g/mol. The number of hydrogen-bond acceptors (Lipinski definition) is 3. The van der Waals surface area contributed by atoms with Crippen LogP contribution in [0.25, 0.3) is 0 Å². The zero-order chi connectivity index (χ0) is 21.7. The van der Waals surface area contributed by atoms with Gasteiger partial charge in [0.15, 0.2) is 0 Å². The van der Waals surface area contributed by atoms with Crippen LogP contribution in [0.5, 0.6) is 0 Å². The van der Waals surface area contributed by atoms with Gasteiger partial charge in [0.1, 0.15) is 0 Å². The first kappa shape index (κ1) is 22.6. The highest BCUT2D eigenvalue weighted by Crippen LogP contribution is 2.23. The Morgan fingerprint density at radius 3 is 2.00 bits per heavy atom. The largest absolute Gasteiger partial charge is 0.324 e. The summed E-state index contributed by atoms with van der Waals surface area (Å²) in [6.07, 6.45) is 0. The molecule has 0 bridgehead atoms. The van der Waals surface area contributed by atoms with Crippen LogP contribution < -0.4 is 5.32 Å². The monoisotopic (exact) mass is 482 g/mol. The molecule has 1 N–H and O–H groups in total. The van der Waals surface area contributed by atoms with Crippen molar-refractivity contribution in [1.29, 1.82) is 0 Å². The van der Waals surface area contributed by atoms with Crippen molar-refractivity contribution in [2.24, 2.45) is 0 Å². The molecule has 0 radical (unpaired) electrons. The molecule has 0 unspecified atom stereocenters. The standard InChI is InChI=1S/C21H17Cl3N2O3S/c22-16-7-5-15(6-8-16)13-26(30(28,29)18-11-9-17(23)10-12-18)14-21(27)25-20-4-2-1-3-19(20)24/h1-12H,13-14H2,(H,25,27). The van der Waals surface area contributed by atoms with Gasteiger partial charge in [-0.3, -0.25) is 4.79 Å². The van der Waals surface area contributed by atoms with E-state index >= 15 is 0 Å². The minimum absolute atomic E-state index is 0.0158. The third-order valence-corrected chi connectivity index (χ3v) is 6.83. The minimum atomic E-state index is -3.98. The molecule has 3 aromatic carbocycles. The number of anilines is 1. The number of hydrogen-bond donors (Lipinski definition) is 1. The van der Waals surface area contributed by atoms with E-state index in [0.717, 1.165) is 4.31 Å². The van der Waals surface area contributed by atoms with E-state index in [1.807, 2.05) is 0 Å². The van der Waals surface area contributed by atoms with Gasteiger partial charge in [-0.2, -0.15) is 4.31 Å². The van der Waals surface area contributed by atoms with Gasteiger partial charge in [0.05, 0.1) is 22.2 Å². The zero-order valence-corrected chi connectivity index (χ0v) is 18.6. The molecule has 0 aliphatic heterocycles. The predicted octanol–water partition coefficient (Wildman–Crippen LogP) is 5.48. The second kappa shape index (κ2) is 9.81. The summed E-state index contributed by atoms with van der Waals surface area (Å²) in [7, 11) is -3.98. The molecule has 5 nitrogen and oxygen atoms in total. The summed E-state index contributed by atoms with van der Waals surface area (Å²) < 4.78 is 27.5. The van der Waals surface area contributed by atoms with Gasteiger partial charge in [-0.15, -0.1) is 0 Å². The van der Waals surface area contributed by atoms with Crippen LogP contribution in [0.4, 0.5) is 5.69 Å². The summed E-state index contributed by atoms with van der Waals surface area (Å²) in [5.74, 6) is -0.519. The Balaban J connectivity index is 1.88. The second-order valence-corrected chi connectivity index (χ2v) is 9.60. The van der Waals surface area contributed by atoms with Gasteiger partial charge in [0.25, 0.3) is 0 Å². The molecule has 9 heteroatoms. The molecule has 0 heterocycles. The maximum atomic E-state index is 13.2. The molecule has 30 heavy (non-hydrogen) atoms. The SMILES string of the molecule is O=C(CN(Cc1ccc(Cl)cc1)S(=O)(=O)c1ccc(Cl)cc1)Nc1ccccc1Cl. The number of nitrogens with zero attached hydrogens (tertiary/aromatic N) is 1. The number of amides is 1. The second-order valence-electron chi connectivity index (χ2n) is 6.38. The van der Waals surface area contributed by atoms with E-state index in [9.17, 15) is 13.2 Å². The average Bonchev–Trinajstić information content (AvgIpc) is 2.71. The Morgan fingerprint density at radius 1 is 0.833 bits per heavy atom. The molecule has 0 spiro atoms. The zero-order valence-electron chi connectivity index (χ0n) is 15.6.